The van der Waals surface area contributed by atoms with E-state index in [1.54, 1.807) is 24.4 Å². The number of thioether (sulfide) groups is 1. The van der Waals surface area contributed by atoms with Crippen LogP contribution in [0.1, 0.15) is 16.1 Å². The molecule has 1 aliphatic rings. The highest BCUT2D eigenvalue weighted by Crippen LogP contribution is 2.24. The number of carbonyl (C=O) groups excluding carboxylic acids is 2. The standard InChI is InChI=1S/C21H19FN4O2S/c1-14-3-2-4-16(11-14)23-20(27)19-12-29-13-25(19)21(28)18-9-10-26(24-18)17-7-5-15(22)6-8-17/h2-11,19H,12-13H2,1H3,(H,23,27). The number of amides is 2. The van der Waals surface area contributed by atoms with Crippen molar-refractivity contribution >= 4 is 29.3 Å². The molecular weight excluding hydrogens is 391 g/mol. The maximum absolute atomic E-state index is 13.1. The minimum Gasteiger partial charge on any atom is -0.324 e. The fraction of sp³-hybridized carbons (Fsp3) is 0.190. The smallest absolute Gasteiger partial charge is 0.275 e. The summed E-state index contributed by atoms with van der Waals surface area (Å²) in [6.45, 7) is 1.95. The maximum Gasteiger partial charge on any atom is 0.275 e. The van der Waals surface area contributed by atoms with Crippen LogP contribution in [-0.4, -0.2) is 44.2 Å². The average molecular weight is 410 g/mol. The highest BCUT2D eigenvalue weighted by molar-refractivity contribution is 7.99. The first-order valence-electron chi connectivity index (χ1n) is 9.09. The van der Waals surface area contributed by atoms with Gasteiger partial charge in [-0.1, -0.05) is 12.1 Å². The van der Waals surface area contributed by atoms with Gasteiger partial charge >= 0.3 is 0 Å². The Bertz CT molecular complexity index is 1050. The van der Waals surface area contributed by atoms with Gasteiger partial charge in [0.1, 0.15) is 11.9 Å². The number of nitrogens with zero attached hydrogens (tertiary/aromatic N) is 3. The number of aryl methyl sites for hydroxylation is 1. The first-order valence-corrected chi connectivity index (χ1v) is 10.2. The monoisotopic (exact) mass is 410 g/mol. The van der Waals surface area contributed by atoms with Crippen LogP contribution in [0, 0.1) is 12.7 Å². The number of anilines is 1. The van der Waals surface area contributed by atoms with E-state index < -0.39 is 6.04 Å². The third-order valence-electron chi connectivity index (χ3n) is 4.63. The zero-order valence-corrected chi connectivity index (χ0v) is 16.5. The molecule has 0 aliphatic carbocycles. The van der Waals surface area contributed by atoms with Crippen LogP contribution in [0.2, 0.25) is 0 Å². The Morgan fingerprint density at radius 3 is 2.72 bits per heavy atom. The average Bonchev–Trinajstić information content (AvgIpc) is 3.38. The van der Waals surface area contributed by atoms with Crippen molar-refractivity contribution in [2.45, 2.75) is 13.0 Å². The van der Waals surface area contributed by atoms with E-state index in [0.29, 0.717) is 23.0 Å². The molecule has 1 aromatic heterocycles. The number of carbonyl (C=O) groups is 2. The number of nitrogens with one attached hydrogen (secondary N) is 1. The molecule has 1 atom stereocenters. The van der Waals surface area contributed by atoms with Gasteiger partial charge < -0.3 is 10.2 Å². The third kappa shape index (κ3) is 4.17. The lowest BCUT2D eigenvalue weighted by atomic mass is 10.2. The first kappa shape index (κ1) is 19.2. The van der Waals surface area contributed by atoms with Crippen molar-refractivity contribution in [3.63, 3.8) is 0 Å². The first-order chi connectivity index (χ1) is 14.0. The van der Waals surface area contributed by atoms with Crippen LogP contribution in [0.5, 0.6) is 0 Å². The SMILES string of the molecule is Cc1cccc(NC(=O)C2CSCN2C(=O)c2ccn(-c3ccc(F)cc3)n2)c1. The van der Waals surface area contributed by atoms with Crippen LogP contribution >= 0.6 is 11.8 Å². The van der Waals surface area contributed by atoms with Crippen molar-refractivity contribution < 1.29 is 14.0 Å². The molecule has 2 heterocycles. The predicted octanol–water partition coefficient (Wildman–Crippen LogP) is 3.47. The Morgan fingerprint density at radius 1 is 1.17 bits per heavy atom. The molecule has 1 aliphatic heterocycles. The van der Waals surface area contributed by atoms with E-state index in [1.807, 2.05) is 31.2 Å². The van der Waals surface area contributed by atoms with Gasteiger partial charge in [0, 0.05) is 17.6 Å². The van der Waals surface area contributed by atoms with Gasteiger partial charge in [0.15, 0.2) is 5.69 Å². The number of halogens is 1. The van der Waals surface area contributed by atoms with Crippen LogP contribution < -0.4 is 5.32 Å². The molecule has 0 spiro atoms. The van der Waals surface area contributed by atoms with Gasteiger partial charge in [-0.2, -0.15) is 5.10 Å². The molecule has 29 heavy (non-hydrogen) atoms. The van der Waals surface area contributed by atoms with Gasteiger partial charge in [-0.05, 0) is 55.0 Å². The molecule has 1 saturated heterocycles. The lowest BCUT2D eigenvalue weighted by molar-refractivity contribution is -0.119. The van der Waals surface area contributed by atoms with E-state index in [2.05, 4.69) is 10.4 Å². The molecule has 0 saturated carbocycles. The lowest BCUT2D eigenvalue weighted by Gasteiger charge is -2.22. The second kappa shape index (κ2) is 8.08. The summed E-state index contributed by atoms with van der Waals surface area (Å²) in [5.41, 5.74) is 2.64. The molecule has 6 nitrogen and oxygen atoms in total. The molecule has 2 aromatic carbocycles. The van der Waals surface area contributed by atoms with Gasteiger partial charge in [-0.25, -0.2) is 9.07 Å². The molecule has 0 bridgehead atoms. The van der Waals surface area contributed by atoms with Crippen molar-refractivity contribution in [1.82, 2.24) is 14.7 Å². The van der Waals surface area contributed by atoms with Crippen LogP contribution in [0.4, 0.5) is 10.1 Å². The number of rotatable bonds is 4. The van der Waals surface area contributed by atoms with Gasteiger partial charge in [0.05, 0.1) is 11.6 Å². The van der Waals surface area contributed by atoms with E-state index in [1.165, 1.54) is 33.5 Å². The molecule has 8 heteroatoms. The largest absolute Gasteiger partial charge is 0.324 e. The van der Waals surface area contributed by atoms with Crippen LogP contribution in [-0.2, 0) is 4.79 Å². The van der Waals surface area contributed by atoms with Crippen LogP contribution in [0.3, 0.4) is 0 Å². The molecule has 1 fully saturated rings. The summed E-state index contributed by atoms with van der Waals surface area (Å²) in [5, 5.41) is 7.20. The number of hydrogen-bond donors (Lipinski definition) is 1. The molecular formula is C21H19FN4O2S. The zero-order valence-electron chi connectivity index (χ0n) is 15.7. The maximum atomic E-state index is 13.1. The summed E-state index contributed by atoms with van der Waals surface area (Å²) >= 11 is 1.53. The lowest BCUT2D eigenvalue weighted by Crippen LogP contribution is -2.44. The fourth-order valence-electron chi connectivity index (χ4n) is 3.13. The summed E-state index contributed by atoms with van der Waals surface area (Å²) in [4.78, 5) is 27.3. The Labute approximate surface area is 171 Å². The summed E-state index contributed by atoms with van der Waals surface area (Å²) < 4.78 is 14.6. The second-order valence-electron chi connectivity index (χ2n) is 6.77. The van der Waals surface area contributed by atoms with Gasteiger partial charge in [-0.3, -0.25) is 9.59 Å². The number of benzene rings is 2. The van der Waals surface area contributed by atoms with Crippen molar-refractivity contribution in [3.8, 4) is 5.69 Å². The van der Waals surface area contributed by atoms with Gasteiger partial charge in [0.25, 0.3) is 5.91 Å². The van der Waals surface area contributed by atoms with E-state index in [4.69, 9.17) is 0 Å². The van der Waals surface area contributed by atoms with E-state index in [9.17, 15) is 14.0 Å². The van der Waals surface area contributed by atoms with Crippen LogP contribution in [0.15, 0.2) is 60.8 Å². The van der Waals surface area contributed by atoms with E-state index in [0.717, 1.165) is 5.56 Å². The molecule has 0 radical (unpaired) electrons. The third-order valence-corrected chi connectivity index (χ3v) is 5.64. The minimum atomic E-state index is -0.566. The summed E-state index contributed by atoms with van der Waals surface area (Å²) in [5.74, 6) is 0.0943. The molecule has 2 amide bonds. The second-order valence-corrected chi connectivity index (χ2v) is 7.77. The topological polar surface area (TPSA) is 67.2 Å². The summed E-state index contributed by atoms with van der Waals surface area (Å²) in [6, 6.07) is 14.4. The van der Waals surface area contributed by atoms with Crippen molar-refractivity contribution in [3.05, 3.63) is 77.9 Å². The molecule has 4 rings (SSSR count). The van der Waals surface area contributed by atoms with Gasteiger partial charge in [0.2, 0.25) is 5.91 Å². The Hall–Kier alpha value is -3.13. The van der Waals surface area contributed by atoms with Gasteiger partial charge in [-0.15, -0.1) is 11.8 Å². The fourth-order valence-corrected chi connectivity index (χ4v) is 4.29. The Morgan fingerprint density at radius 2 is 1.97 bits per heavy atom. The zero-order chi connectivity index (χ0) is 20.4. The van der Waals surface area contributed by atoms with E-state index >= 15 is 0 Å². The normalized spacial score (nSPS) is 16.1. The molecule has 1 unspecified atom stereocenters. The van der Waals surface area contributed by atoms with E-state index in [-0.39, 0.29) is 23.3 Å². The highest BCUT2D eigenvalue weighted by atomic mass is 32.2. The quantitative estimate of drug-likeness (QED) is 0.715. The molecule has 1 N–H and O–H groups in total. The van der Waals surface area contributed by atoms with Crippen LogP contribution in [0.25, 0.3) is 5.69 Å². The Kier molecular flexibility index (Phi) is 5.35. The molecule has 148 valence electrons. The summed E-state index contributed by atoms with van der Waals surface area (Å²) in [6.07, 6.45) is 1.64. The highest BCUT2D eigenvalue weighted by Gasteiger charge is 2.36. The van der Waals surface area contributed by atoms with Crippen molar-refractivity contribution in [2.24, 2.45) is 0 Å². The van der Waals surface area contributed by atoms with Crippen molar-refractivity contribution in [1.29, 1.82) is 0 Å². The predicted molar refractivity (Wildman–Crippen MR) is 111 cm³/mol. The summed E-state index contributed by atoms with van der Waals surface area (Å²) in [7, 11) is 0. The van der Waals surface area contributed by atoms with Crippen molar-refractivity contribution in [2.75, 3.05) is 16.9 Å². The number of hydrogen-bond acceptors (Lipinski definition) is 4. The molecule has 3 aromatic rings. The minimum absolute atomic E-state index is 0.216. The Balaban J connectivity index is 1.49. The number of aromatic nitrogens is 2.